The lowest BCUT2D eigenvalue weighted by molar-refractivity contribution is -0.159. The van der Waals surface area contributed by atoms with E-state index < -0.39 is 17.2 Å². The summed E-state index contributed by atoms with van der Waals surface area (Å²) in [5.74, 6) is -0.568. The molecule has 2 aromatic heterocycles. The van der Waals surface area contributed by atoms with Crippen LogP contribution in [0.3, 0.4) is 0 Å². The van der Waals surface area contributed by atoms with Crippen molar-refractivity contribution < 1.29 is 19.8 Å². The number of halogens is 1. The summed E-state index contributed by atoms with van der Waals surface area (Å²) in [5, 5.41) is 23.1. The summed E-state index contributed by atoms with van der Waals surface area (Å²) in [6, 6.07) is 9.06. The van der Waals surface area contributed by atoms with Gasteiger partial charge < -0.3 is 24.6 Å². The molecular weight excluding hydrogens is 580 g/mol. The second kappa shape index (κ2) is 11.2. The van der Waals surface area contributed by atoms with Crippen molar-refractivity contribution in [2.24, 2.45) is 0 Å². The number of nitrogens with zero attached hydrogens (tertiary/aromatic N) is 6. The van der Waals surface area contributed by atoms with E-state index in [1.807, 2.05) is 42.1 Å². The van der Waals surface area contributed by atoms with Crippen LogP contribution >= 0.6 is 11.6 Å². The molecule has 2 aliphatic heterocycles. The summed E-state index contributed by atoms with van der Waals surface area (Å²) in [6.45, 7) is 4.03. The molecule has 1 unspecified atom stereocenters. The van der Waals surface area contributed by atoms with Crippen molar-refractivity contribution in [3.63, 3.8) is 0 Å². The Labute approximate surface area is 262 Å². The average Bonchev–Trinajstić information content (AvgIpc) is 3.68. The first kappa shape index (κ1) is 29.4. The van der Waals surface area contributed by atoms with Crippen molar-refractivity contribution in [3.05, 3.63) is 82.2 Å². The Morgan fingerprint density at radius 1 is 1.05 bits per heavy atom. The number of pyridine rings is 1. The highest BCUT2D eigenvalue weighted by Gasteiger charge is 2.54. The summed E-state index contributed by atoms with van der Waals surface area (Å²) < 4.78 is 1.87. The van der Waals surface area contributed by atoms with E-state index >= 15 is 0 Å². The lowest BCUT2D eigenvalue weighted by Gasteiger charge is -2.47. The topological polar surface area (TPSA) is 115 Å². The van der Waals surface area contributed by atoms with Crippen molar-refractivity contribution in [2.45, 2.75) is 75.3 Å². The van der Waals surface area contributed by atoms with Gasteiger partial charge in [0.25, 0.3) is 5.91 Å². The maximum absolute atomic E-state index is 14.5. The van der Waals surface area contributed by atoms with Crippen molar-refractivity contribution in [1.82, 2.24) is 29.2 Å². The molecule has 2 aliphatic carbocycles. The highest BCUT2D eigenvalue weighted by atomic mass is 35.5. The Hall–Kier alpha value is -3.31. The largest absolute Gasteiger partial charge is 0.386 e. The molecule has 2 amide bonds. The number of aliphatic hydroxyl groups is 2. The van der Waals surface area contributed by atoms with Crippen LogP contribution in [0.25, 0.3) is 0 Å². The number of rotatable bonds is 5. The van der Waals surface area contributed by atoms with E-state index in [-0.39, 0.29) is 24.4 Å². The Kier molecular flexibility index (Phi) is 7.51. The molecule has 232 valence electrons. The van der Waals surface area contributed by atoms with Crippen LogP contribution in [-0.4, -0.2) is 101 Å². The maximum atomic E-state index is 14.5. The molecule has 11 heteroatoms. The van der Waals surface area contributed by atoms with E-state index in [4.69, 9.17) is 16.6 Å². The van der Waals surface area contributed by atoms with Gasteiger partial charge in [0, 0.05) is 43.6 Å². The van der Waals surface area contributed by atoms with Crippen molar-refractivity contribution >= 4 is 23.4 Å². The predicted molar refractivity (Wildman–Crippen MR) is 164 cm³/mol. The molecule has 10 nitrogen and oxygen atoms in total. The number of carbonyl (C=O) groups is 2. The van der Waals surface area contributed by atoms with E-state index in [0.717, 1.165) is 40.9 Å². The smallest absolute Gasteiger partial charge is 0.255 e. The van der Waals surface area contributed by atoms with Gasteiger partial charge in [0.15, 0.2) is 0 Å². The zero-order valence-electron chi connectivity index (χ0n) is 25.0. The van der Waals surface area contributed by atoms with E-state index in [1.165, 1.54) is 0 Å². The number of amides is 2. The van der Waals surface area contributed by atoms with Gasteiger partial charge in [-0.05, 0) is 80.3 Å². The fraction of sp³-hybridized carbons (Fsp3) is 0.515. The number of hydrogen-bond acceptors (Lipinski definition) is 7. The fourth-order valence-corrected chi connectivity index (χ4v) is 7.58. The molecule has 7 rings (SSSR count). The van der Waals surface area contributed by atoms with Crippen LogP contribution in [0.4, 0.5) is 0 Å². The first-order valence-electron chi connectivity index (χ1n) is 15.6. The van der Waals surface area contributed by atoms with Crippen LogP contribution < -0.4 is 0 Å². The Bertz CT molecular complexity index is 1590. The van der Waals surface area contributed by atoms with Gasteiger partial charge in [-0.25, -0.2) is 4.98 Å². The minimum atomic E-state index is -1.39. The zero-order valence-corrected chi connectivity index (χ0v) is 25.8. The molecule has 3 aromatic rings. The molecule has 2 N–H and O–H groups in total. The number of likely N-dealkylation sites (tertiary alicyclic amines) is 1. The zero-order chi connectivity index (χ0) is 30.6. The number of aryl methyl sites for hydroxylation is 3. The molecule has 3 atom stereocenters. The number of β-amino-alcohol motifs (C(OH)–C–C–N with tert-alkyl or cyclic N) is 1. The third-order valence-electron chi connectivity index (χ3n) is 9.80. The second-order valence-corrected chi connectivity index (χ2v) is 13.5. The van der Waals surface area contributed by atoms with E-state index in [2.05, 4.69) is 22.0 Å². The summed E-state index contributed by atoms with van der Waals surface area (Å²) in [7, 11) is 0. The average molecular weight is 619 g/mol. The second-order valence-electron chi connectivity index (χ2n) is 13.1. The quantitative estimate of drug-likeness (QED) is 0.452. The molecule has 4 aliphatic rings. The lowest BCUT2D eigenvalue weighted by atomic mass is 9.91. The van der Waals surface area contributed by atoms with Crippen LogP contribution in [0.2, 0.25) is 5.02 Å². The number of imidazole rings is 1. The van der Waals surface area contributed by atoms with Gasteiger partial charge in [-0.2, -0.15) is 0 Å². The number of carbonyl (C=O) groups excluding carboxylic acids is 2. The van der Waals surface area contributed by atoms with Gasteiger partial charge >= 0.3 is 0 Å². The van der Waals surface area contributed by atoms with Gasteiger partial charge in [0.2, 0.25) is 5.91 Å². The molecule has 3 fully saturated rings. The molecule has 2 saturated heterocycles. The number of benzene rings is 1. The first-order chi connectivity index (χ1) is 21.1. The van der Waals surface area contributed by atoms with Crippen molar-refractivity contribution in [1.29, 1.82) is 0 Å². The van der Waals surface area contributed by atoms with Crippen LogP contribution in [0.15, 0.2) is 49.1 Å². The number of fused-ring (bicyclic) bond motifs is 2. The third kappa shape index (κ3) is 5.53. The molecule has 0 spiro atoms. The molecule has 4 heterocycles. The summed E-state index contributed by atoms with van der Waals surface area (Å²) in [6.07, 6.45) is 9.12. The SMILES string of the molecule is Cc1cn(CC2(O)CCCN(C(=O)[C@H]3CN([C@H]4c5ccc(Cl)cc5CCc5cccnc54)CCN3C(=O)C3(O)CC3)C2)cn1. The van der Waals surface area contributed by atoms with Crippen LogP contribution in [0.5, 0.6) is 0 Å². The highest BCUT2D eigenvalue weighted by molar-refractivity contribution is 6.30. The minimum Gasteiger partial charge on any atom is -0.386 e. The van der Waals surface area contributed by atoms with E-state index in [0.29, 0.717) is 63.4 Å². The normalized spacial score (nSPS) is 26.5. The van der Waals surface area contributed by atoms with Gasteiger partial charge in [0.05, 0.1) is 36.8 Å². The molecule has 0 radical (unpaired) electrons. The van der Waals surface area contributed by atoms with E-state index in [1.54, 1.807) is 16.1 Å². The summed E-state index contributed by atoms with van der Waals surface area (Å²) in [4.78, 5) is 42.8. The first-order valence-corrected chi connectivity index (χ1v) is 16.0. The standard InChI is InChI=1S/C33H39ClN6O4/c1-22-17-37(21-36-22)19-32(43)9-3-13-39(20-32)30(41)27-18-38(14-15-40(27)31(42)33(44)10-11-33)29-26-8-7-25(34)16-24(26)6-5-23-4-2-12-35-28(23)29/h2,4,7-8,12,16-17,21,27,29,43-44H,3,5-6,9-11,13-15,18-20H2,1H3/t27-,29+,32?/m1/s1. The summed E-state index contributed by atoms with van der Waals surface area (Å²) in [5.41, 5.74) is 2.76. The number of piperidine rings is 1. The number of aromatic nitrogens is 3. The van der Waals surface area contributed by atoms with E-state index in [9.17, 15) is 19.8 Å². The molecule has 0 bridgehead atoms. The molecule has 1 aromatic carbocycles. The van der Waals surface area contributed by atoms with Crippen molar-refractivity contribution in [3.8, 4) is 0 Å². The summed E-state index contributed by atoms with van der Waals surface area (Å²) >= 11 is 6.43. The fourth-order valence-electron chi connectivity index (χ4n) is 7.38. The molecular formula is C33H39ClN6O4. The minimum absolute atomic E-state index is 0.168. The highest BCUT2D eigenvalue weighted by Crippen LogP contribution is 2.41. The van der Waals surface area contributed by atoms with Gasteiger partial charge in [-0.3, -0.25) is 19.5 Å². The molecule has 44 heavy (non-hydrogen) atoms. The lowest BCUT2D eigenvalue weighted by Crippen LogP contribution is -2.65. The van der Waals surface area contributed by atoms with Crippen LogP contribution in [0, 0.1) is 6.92 Å². The number of hydrogen-bond donors (Lipinski definition) is 2. The van der Waals surface area contributed by atoms with Gasteiger partial charge in [0.1, 0.15) is 17.2 Å². The van der Waals surface area contributed by atoms with Gasteiger partial charge in [-0.1, -0.05) is 23.7 Å². The Morgan fingerprint density at radius 2 is 1.86 bits per heavy atom. The Balaban J connectivity index is 1.21. The van der Waals surface area contributed by atoms with Crippen molar-refractivity contribution in [2.75, 3.05) is 32.7 Å². The van der Waals surface area contributed by atoms with Crippen LogP contribution in [-0.2, 0) is 29.0 Å². The maximum Gasteiger partial charge on any atom is 0.255 e. The van der Waals surface area contributed by atoms with Gasteiger partial charge in [-0.15, -0.1) is 0 Å². The number of piperazine rings is 1. The Morgan fingerprint density at radius 3 is 2.64 bits per heavy atom. The van der Waals surface area contributed by atoms with Crippen LogP contribution in [0.1, 0.15) is 59.8 Å². The molecule has 1 saturated carbocycles. The predicted octanol–water partition coefficient (Wildman–Crippen LogP) is 2.52. The monoisotopic (exact) mass is 618 g/mol. The third-order valence-corrected chi connectivity index (χ3v) is 10.0.